The van der Waals surface area contributed by atoms with E-state index in [-0.39, 0.29) is 11.8 Å². The number of aromatic nitrogens is 1. The second-order valence-corrected chi connectivity index (χ2v) is 8.47. The summed E-state index contributed by atoms with van der Waals surface area (Å²) in [5.74, 6) is 0.391. The monoisotopic (exact) mass is 443 g/mol. The summed E-state index contributed by atoms with van der Waals surface area (Å²) in [5.41, 5.74) is 2.94. The summed E-state index contributed by atoms with van der Waals surface area (Å²) >= 11 is 0. The molecule has 0 aliphatic carbocycles. The second-order valence-electron chi connectivity index (χ2n) is 8.47. The Bertz CT molecular complexity index is 1130. The number of hydrogen-bond acceptors (Lipinski definition) is 4. The largest absolute Gasteiger partial charge is 0.496 e. The fraction of sp³-hybridized carbons (Fsp3) is 0.296. The first-order chi connectivity index (χ1) is 16.1. The van der Waals surface area contributed by atoms with Crippen LogP contribution in [0.5, 0.6) is 5.75 Å². The summed E-state index contributed by atoms with van der Waals surface area (Å²) in [6.45, 7) is 0.963. The van der Waals surface area contributed by atoms with Gasteiger partial charge < -0.3 is 15.0 Å². The summed E-state index contributed by atoms with van der Waals surface area (Å²) < 4.78 is 5.41. The lowest BCUT2D eigenvalue weighted by Crippen LogP contribution is -2.54. The maximum Gasteiger partial charge on any atom is 0.257 e. The maximum absolute atomic E-state index is 13.4. The summed E-state index contributed by atoms with van der Waals surface area (Å²) in [7, 11) is 3.23. The Labute approximate surface area is 194 Å². The van der Waals surface area contributed by atoms with Crippen LogP contribution in [0.15, 0.2) is 73.1 Å². The molecule has 2 heterocycles. The van der Waals surface area contributed by atoms with Crippen molar-refractivity contribution in [3.8, 4) is 16.9 Å². The molecule has 0 radical (unpaired) electrons. The van der Waals surface area contributed by atoms with Gasteiger partial charge in [-0.05, 0) is 48.6 Å². The number of methoxy groups -OCH3 is 1. The van der Waals surface area contributed by atoms with Crippen LogP contribution in [0, 0.1) is 5.41 Å². The molecule has 170 valence electrons. The van der Waals surface area contributed by atoms with E-state index in [4.69, 9.17) is 4.74 Å². The minimum atomic E-state index is -0.719. The number of carbonyl (C=O) groups excluding carboxylic acids is 2. The topological polar surface area (TPSA) is 71.5 Å². The predicted molar refractivity (Wildman–Crippen MR) is 128 cm³/mol. The lowest BCUT2D eigenvalue weighted by molar-refractivity contribution is -0.133. The number of nitrogens with zero attached hydrogens (tertiary/aromatic N) is 2. The Morgan fingerprint density at radius 3 is 2.64 bits per heavy atom. The average molecular weight is 444 g/mol. The molecule has 0 spiro atoms. The number of carbonyl (C=O) groups is 2. The van der Waals surface area contributed by atoms with E-state index >= 15 is 0 Å². The van der Waals surface area contributed by atoms with Crippen LogP contribution < -0.4 is 10.1 Å². The molecule has 3 aromatic rings. The van der Waals surface area contributed by atoms with Crippen molar-refractivity contribution in [3.05, 3.63) is 84.2 Å². The Balaban J connectivity index is 1.68. The number of likely N-dealkylation sites (tertiary alicyclic amines) is 1. The van der Waals surface area contributed by atoms with Crippen molar-refractivity contribution in [2.45, 2.75) is 19.3 Å². The van der Waals surface area contributed by atoms with Crippen LogP contribution >= 0.6 is 0 Å². The van der Waals surface area contributed by atoms with Gasteiger partial charge in [-0.3, -0.25) is 14.6 Å². The Morgan fingerprint density at radius 2 is 1.88 bits per heavy atom. The molecule has 6 heteroatoms. The van der Waals surface area contributed by atoms with Crippen molar-refractivity contribution in [1.29, 1.82) is 0 Å². The number of hydrogen-bond donors (Lipinski definition) is 1. The number of nitrogens with one attached hydrogen (secondary N) is 1. The number of benzene rings is 2. The summed E-state index contributed by atoms with van der Waals surface area (Å²) in [4.78, 5) is 32.8. The van der Waals surface area contributed by atoms with Crippen LogP contribution in [0.1, 0.15) is 28.8 Å². The van der Waals surface area contributed by atoms with Crippen LogP contribution in [0.4, 0.5) is 0 Å². The Hall–Kier alpha value is -3.67. The minimum Gasteiger partial charge on any atom is -0.496 e. The van der Waals surface area contributed by atoms with Gasteiger partial charge in [0, 0.05) is 38.1 Å². The summed E-state index contributed by atoms with van der Waals surface area (Å²) in [5, 5.41) is 2.86. The van der Waals surface area contributed by atoms with E-state index < -0.39 is 5.41 Å². The number of amides is 2. The van der Waals surface area contributed by atoms with E-state index in [0.717, 1.165) is 23.1 Å². The molecule has 2 aromatic carbocycles. The van der Waals surface area contributed by atoms with Gasteiger partial charge in [-0.15, -0.1) is 0 Å². The van der Waals surface area contributed by atoms with Crippen LogP contribution in [-0.2, 0) is 11.2 Å². The molecular weight excluding hydrogens is 414 g/mol. The van der Waals surface area contributed by atoms with Gasteiger partial charge in [0.2, 0.25) is 5.91 Å². The van der Waals surface area contributed by atoms with Crippen molar-refractivity contribution >= 4 is 11.8 Å². The summed E-state index contributed by atoms with van der Waals surface area (Å²) in [6, 6.07) is 19.3. The van der Waals surface area contributed by atoms with Gasteiger partial charge in [0.25, 0.3) is 5.91 Å². The van der Waals surface area contributed by atoms with Crippen LogP contribution in [0.3, 0.4) is 0 Å². The third-order valence-electron chi connectivity index (χ3n) is 6.43. The predicted octanol–water partition coefficient (Wildman–Crippen LogP) is 3.97. The van der Waals surface area contributed by atoms with Crippen molar-refractivity contribution < 1.29 is 14.3 Å². The molecule has 1 N–H and O–H groups in total. The van der Waals surface area contributed by atoms with Crippen molar-refractivity contribution in [2.24, 2.45) is 5.41 Å². The fourth-order valence-corrected chi connectivity index (χ4v) is 4.81. The zero-order valence-corrected chi connectivity index (χ0v) is 19.1. The van der Waals surface area contributed by atoms with Crippen LogP contribution in [0.2, 0.25) is 0 Å². The molecule has 1 fully saturated rings. The van der Waals surface area contributed by atoms with E-state index in [1.807, 2.05) is 42.6 Å². The summed E-state index contributed by atoms with van der Waals surface area (Å²) in [6.07, 6.45) is 5.59. The molecule has 1 aromatic heterocycles. The molecule has 1 atom stereocenters. The third kappa shape index (κ3) is 4.60. The van der Waals surface area contributed by atoms with Gasteiger partial charge in [0.15, 0.2) is 0 Å². The lowest BCUT2D eigenvalue weighted by Gasteiger charge is -2.42. The van der Waals surface area contributed by atoms with E-state index in [9.17, 15) is 9.59 Å². The number of rotatable bonds is 6. The van der Waals surface area contributed by atoms with Gasteiger partial charge in [-0.25, -0.2) is 0 Å². The van der Waals surface area contributed by atoms with E-state index in [0.29, 0.717) is 37.2 Å². The van der Waals surface area contributed by atoms with Gasteiger partial charge in [-0.2, -0.15) is 0 Å². The quantitative estimate of drug-likeness (QED) is 0.626. The molecule has 6 nitrogen and oxygen atoms in total. The van der Waals surface area contributed by atoms with Gasteiger partial charge in [0.05, 0.1) is 18.1 Å². The van der Waals surface area contributed by atoms with Gasteiger partial charge in [-0.1, -0.05) is 42.5 Å². The van der Waals surface area contributed by atoms with Gasteiger partial charge >= 0.3 is 0 Å². The van der Waals surface area contributed by atoms with Crippen LogP contribution in [0.25, 0.3) is 11.1 Å². The number of piperidine rings is 1. The zero-order valence-electron chi connectivity index (χ0n) is 19.1. The third-order valence-corrected chi connectivity index (χ3v) is 6.43. The van der Waals surface area contributed by atoms with Gasteiger partial charge in [0.1, 0.15) is 5.75 Å². The average Bonchev–Trinajstić information content (AvgIpc) is 2.88. The lowest BCUT2D eigenvalue weighted by atomic mass is 9.73. The maximum atomic E-state index is 13.4. The highest BCUT2D eigenvalue weighted by atomic mass is 16.5. The van der Waals surface area contributed by atoms with E-state index in [2.05, 4.69) is 22.4 Å². The Kier molecular flexibility index (Phi) is 6.73. The van der Waals surface area contributed by atoms with Crippen molar-refractivity contribution in [1.82, 2.24) is 15.2 Å². The first-order valence-corrected chi connectivity index (χ1v) is 11.2. The standard InChI is InChI=1S/C27H29N3O3/c1-28-26(32)27(17-20-9-3-4-11-22(20)21-10-7-15-29-18-21)14-8-16-30(19-27)25(31)23-12-5-6-13-24(23)33-2/h3-7,9-13,15,18H,8,14,16-17,19H2,1-2H3,(H,28,32). The normalized spacial score (nSPS) is 17.9. The number of pyridine rings is 1. The molecule has 0 bridgehead atoms. The van der Waals surface area contributed by atoms with E-state index in [1.54, 1.807) is 37.4 Å². The van der Waals surface area contributed by atoms with E-state index in [1.165, 1.54) is 0 Å². The Morgan fingerprint density at radius 1 is 1.09 bits per heavy atom. The molecule has 1 saturated heterocycles. The highest BCUT2D eigenvalue weighted by Gasteiger charge is 2.43. The molecule has 1 aliphatic heterocycles. The van der Waals surface area contributed by atoms with Crippen LogP contribution in [-0.4, -0.2) is 48.9 Å². The van der Waals surface area contributed by atoms with Crippen molar-refractivity contribution in [2.75, 3.05) is 27.2 Å². The number of ether oxygens (including phenoxy) is 1. The molecule has 2 amide bonds. The fourth-order valence-electron chi connectivity index (χ4n) is 4.81. The molecular formula is C27H29N3O3. The SMILES string of the molecule is CNC(=O)C1(Cc2ccccc2-c2cccnc2)CCCN(C(=O)c2ccccc2OC)C1. The van der Waals surface area contributed by atoms with Crippen molar-refractivity contribution in [3.63, 3.8) is 0 Å². The molecule has 1 aliphatic rings. The number of para-hydroxylation sites is 1. The first kappa shape index (κ1) is 22.5. The molecule has 33 heavy (non-hydrogen) atoms. The molecule has 1 unspecified atom stereocenters. The first-order valence-electron chi connectivity index (χ1n) is 11.2. The minimum absolute atomic E-state index is 0.0407. The second kappa shape index (κ2) is 9.86. The molecule has 4 rings (SSSR count). The highest BCUT2D eigenvalue weighted by molar-refractivity contribution is 5.97. The smallest absolute Gasteiger partial charge is 0.257 e. The highest BCUT2D eigenvalue weighted by Crippen LogP contribution is 2.38. The zero-order chi connectivity index (χ0) is 23.3. The molecule has 0 saturated carbocycles.